The highest BCUT2D eigenvalue weighted by molar-refractivity contribution is 5.88. The average molecular weight is 1820 g/mol. The third-order valence-corrected chi connectivity index (χ3v) is 23.9. The van der Waals surface area contributed by atoms with Gasteiger partial charge in [0.05, 0.1) is 83.9 Å². The lowest BCUT2D eigenvalue weighted by Gasteiger charge is -2.40. The predicted molar refractivity (Wildman–Crippen MR) is 488 cm³/mol. The third-order valence-electron chi connectivity index (χ3n) is 23.9. The molecule has 3 aliphatic heterocycles. The Morgan fingerprint density at radius 1 is 0.346 bits per heavy atom. The van der Waals surface area contributed by atoms with E-state index in [1.54, 1.807) is 27.7 Å². The number of hydrogen-bond acceptors (Lipinski definition) is 26. The minimum absolute atomic E-state index is 0.00384. The number of unbranched alkanes of at least 4 members (excludes halogenated alkanes) is 34. The first kappa shape index (κ1) is 119. The van der Waals surface area contributed by atoms with Gasteiger partial charge in [0.2, 0.25) is 29.5 Å². The summed E-state index contributed by atoms with van der Waals surface area (Å²) in [4.78, 5) is 79.7. The molecule has 3 saturated heterocycles. The molecule has 3 rings (SSSR count). The molecule has 32 heteroatoms. The molecule has 748 valence electrons. The maximum atomic E-state index is 14.5. The van der Waals surface area contributed by atoms with E-state index in [9.17, 15) is 74.7 Å². The highest BCUT2D eigenvalue weighted by Gasteiger charge is 2.45. The molecule has 6 amide bonds. The molecule has 0 aliphatic carbocycles. The minimum atomic E-state index is -1.26. The standard InChI is InChI=1S/C56H102N6O24.C39H80O2/c1-5-80-56(77)60-22-29-79-31-30-78-28-18-45(69)61-38(14-6-10-19-57-42(66)15-7-11-25-81-53-35(2)46(70)49(73)39(32-63)84-53)52(76)62(23-20-58-43(67)16-8-12-26-82-54-36(3)47(71)50(74)40(33-64)85-54)24-21-59-44(68)17-9-13-27-83-55-37(4)48(72)51(75)41(34-65)86-55;1-4-6-8-10-12-14-16-18-20-22-24-26-28-30-32-34-36-40-38-39(3)41-37-35-33-31-29-27-25-23-21-19-17-15-13-11-9-7-5-2/h35-41,46-51,53-55,63-65,70-75H,5-34H2,1-4H3,(H,57,66)(H,58,67)(H,59,68)(H,60,77)(H,61,69);39H,4-38H2,1-3H3. The molecule has 0 bridgehead atoms. The van der Waals surface area contributed by atoms with Crippen LogP contribution in [-0.4, -0.2) is 304 Å². The fourth-order valence-corrected chi connectivity index (χ4v) is 15.6. The van der Waals surface area contributed by atoms with Gasteiger partial charge in [-0.15, -0.1) is 0 Å². The first-order chi connectivity index (χ1) is 61.6. The van der Waals surface area contributed by atoms with Gasteiger partial charge in [-0.3, -0.25) is 24.0 Å². The van der Waals surface area contributed by atoms with Crippen molar-refractivity contribution in [3.05, 3.63) is 0 Å². The number of nitrogens with zero attached hydrogens (tertiary/aromatic N) is 1. The summed E-state index contributed by atoms with van der Waals surface area (Å²) in [6.07, 6.45) is 36.2. The van der Waals surface area contributed by atoms with E-state index < -0.39 is 135 Å². The van der Waals surface area contributed by atoms with Crippen molar-refractivity contribution in [3.8, 4) is 0 Å². The molecule has 32 nitrogen and oxygen atoms in total. The first-order valence-electron chi connectivity index (χ1n) is 49.9. The lowest BCUT2D eigenvalue weighted by molar-refractivity contribution is -0.282. The number of rotatable bonds is 81. The van der Waals surface area contributed by atoms with Gasteiger partial charge in [-0.05, 0) is 84.5 Å². The van der Waals surface area contributed by atoms with Crippen molar-refractivity contribution >= 4 is 35.6 Å². The second kappa shape index (κ2) is 80.3. The number of ether oxygens (including phenoxy) is 11. The number of aliphatic hydroxyl groups excluding tert-OH is 9. The van der Waals surface area contributed by atoms with Gasteiger partial charge >= 0.3 is 6.09 Å². The summed E-state index contributed by atoms with van der Waals surface area (Å²) >= 11 is 0. The van der Waals surface area contributed by atoms with Gasteiger partial charge in [-0.2, -0.15) is 0 Å². The lowest BCUT2D eigenvalue weighted by atomic mass is 9.92. The second-order valence-corrected chi connectivity index (χ2v) is 35.2. The third kappa shape index (κ3) is 59.3. The van der Waals surface area contributed by atoms with Gasteiger partial charge in [-0.25, -0.2) is 4.79 Å². The van der Waals surface area contributed by atoms with E-state index in [2.05, 4.69) is 47.4 Å². The van der Waals surface area contributed by atoms with Crippen LogP contribution in [0.5, 0.6) is 0 Å². The molecule has 3 aliphatic rings. The smallest absolute Gasteiger partial charge is 0.407 e. The van der Waals surface area contributed by atoms with E-state index in [1.807, 2.05) is 0 Å². The number of carbonyl (C=O) groups excluding carboxylic acids is 6. The monoisotopic (exact) mass is 1820 g/mol. The molecule has 3 fully saturated rings. The fourth-order valence-electron chi connectivity index (χ4n) is 15.6. The fraction of sp³-hybridized carbons (Fsp3) is 0.937. The zero-order chi connectivity index (χ0) is 93.1. The molecule has 127 heavy (non-hydrogen) atoms. The molecule has 0 aromatic heterocycles. The minimum Gasteiger partial charge on any atom is -0.450 e. The summed E-state index contributed by atoms with van der Waals surface area (Å²) in [6.45, 7) is 16.3. The summed E-state index contributed by atoms with van der Waals surface area (Å²) in [5.41, 5.74) is 0. The van der Waals surface area contributed by atoms with Crippen LogP contribution in [0.4, 0.5) is 4.79 Å². The number of alkyl carbamates (subject to hydrolysis) is 1. The van der Waals surface area contributed by atoms with Gasteiger partial charge in [-0.1, -0.05) is 227 Å². The quantitative estimate of drug-likeness (QED) is 0.0252. The molecule has 0 saturated carbocycles. The van der Waals surface area contributed by atoms with Crippen LogP contribution < -0.4 is 26.6 Å². The van der Waals surface area contributed by atoms with E-state index in [0.29, 0.717) is 51.4 Å². The van der Waals surface area contributed by atoms with Crippen molar-refractivity contribution in [2.24, 2.45) is 17.8 Å². The molecule has 14 N–H and O–H groups in total. The Hall–Kier alpha value is -4.14. The van der Waals surface area contributed by atoms with Crippen LogP contribution in [-0.2, 0) is 76.1 Å². The van der Waals surface area contributed by atoms with Gasteiger partial charge in [0.15, 0.2) is 18.9 Å². The highest BCUT2D eigenvalue weighted by atomic mass is 16.7. The van der Waals surface area contributed by atoms with Crippen molar-refractivity contribution in [1.82, 2.24) is 31.5 Å². The van der Waals surface area contributed by atoms with Crippen molar-refractivity contribution in [1.29, 1.82) is 0 Å². The summed E-state index contributed by atoms with van der Waals surface area (Å²) in [5.74, 6) is -3.51. The molecule has 3 heterocycles. The largest absolute Gasteiger partial charge is 0.450 e. The maximum absolute atomic E-state index is 14.5. The summed E-state index contributed by atoms with van der Waals surface area (Å²) in [5, 5.41) is 104. The van der Waals surface area contributed by atoms with E-state index in [4.69, 9.17) is 52.1 Å². The van der Waals surface area contributed by atoms with Crippen molar-refractivity contribution < 1.29 is 127 Å². The van der Waals surface area contributed by atoms with Crippen molar-refractivity contribution in [2.45, 2.75) is 423 Å². The van der Waals surface area contributed by atoms with Crippen molar-refractivity contribution in [3.63, 3.8) is 0 Å². The van der Waals surface area contributed by atoms with Crippen LogP contribution in [0.25, 0.3) is 0 Å². The molecular formula is C95H182N6O26. The zero-order valence-electron chi connectivity index (χ0n) is 79.7. The Balaban J connectivity index is 0.00000111. The van der Waals surface area contributed by atoms with Gasteiger partial charge in [0.25, 0.3) is 0 Å². The van der Waals surface area contributed by atoms with Gasteiger partial charge in [0, 0.05) is 116 Å². The van der Waals surface area contributed by atoms with Crippen molar-refractivity contribution in [2.75, 3.05) is 132 Å². The SMILES string of the molecule is CCCCCCCCCCCCCCCCCCOCC(C)OCCCCCCCCCCCCCCCCCC.CCOC(=O)NCCOCCOCCC(=O)NC(CCCCNC(=O)CCCCOC1OC(CO)C(O)C(O)C1C)C(=O)N(CCNC(=O)CCCCOC1OC(CO)C(O)C(O)C1C)CCNC(=O)CCCCOC1OC(CO)C(O)C(O)C1C. The molecule has 17 atom stereocenters. The number of hydrogen-bond donors (Lipinski definition) is 14. The van der Waals surface area contributed by atoms with Crippen LogP contribution in [0.2, 0.25) is 0 Å². The topological polar surface area (TPSA) is 449 Å². The molecule has 0 aromatic rings. The average Bonchev–Trinajstić information content (AvgIpc) is 0.829. The molecule has 0 radical (unpaired) electrons. The zero-order valence-corrected chi connectivity index (χ0v) is 79.7. The van der Waals surface area contributed by atoms with Crippen LogP contribution in [0.1, 0.15) is 337 Å². The van der Waals surface area contributed by atoms with Crippen LogP contribution in [0, 0.1) is 17.8 Å². The van der Waals surface area contributed by atoms with E-state index in [0.717, 1.165) is 19.8 Å². The van der Waals surface area contributed by atoms with Crippen LogP contribution in [0.15, 0.2) is 0 Å². The molecule has 0 spiro atoms. The first-order valence-corrected chi connectivity index (χ1v) is 49.9. The maximum Gasteiger partial charge on any atom is 0.407 e. The van der Waals surface area contributed by atoms with Gasteiger partial charge in [0.1, 0.15) is 42.7 Å². The highest BCUT2D eigenvalue weighted by Crippen LogP contribution is 2.30. The van der Waals surface area contributed by atoms with Crippen LogP contribution in [0.3, 0.4) is 0 Å². The lowest BCUT2D eigenvalue weighted by Crippen LogP contribution is -2.55. The Morgan fingerprint density at radius 3 is 1.06 bits per heavy atom. The summed E-state index contributed by atoms with van der Waals surface area (Å²) in [6, 6.07) is -1.06. The molecule has 17 unspecified atom stereocenters. The normalized spacial score (nSPS) is 22.8. The van der Waals surface area contributed by atoms with Crippen LogP contribution >= 0.6 is 0 Å². The predicted octanol–water partition coefficient (Wildman–Crippen LogP) is 10.7. The Bertz CT molecular complexity index is 2570. The van der Waals surface area contributed by atoms with E-state index in [1.165, 1.54) is 210 Å². The Labute approximate surface area is 763 Å². The second-order valence-electron chi connectivity index (χ2n) is 35.2. The Morgan fingerprint density at radius 2 is 0.693 bits per heavy atom. The number of amides is 6. The number of nitrogens with one attached hydrogen (secondary N) is 5. The molecule has 0 aromatic carbocycles. The van der Waals surface area contributed by atoms with E-state index >= 15 is 0 Å². The summed E-state index contributed by atoms with van der Waals surface area (Å²) in [7, 11) is 0. The Kier molecular flexibility index (Phi) is 75.2. The number of carbonyl (C=O) groups is 6. The van der Waals surface area contributed by atoms with Gasteiger partial charge < -0.3 is 130 Å². The van der Waals surface area contributed by atoms with E-state index in [-0.39, 0.29) is 148 Å². The summed E-state index contributed by atoms with van der Waals surface area (Å²) < 4.78 is 61.7. The molecular weight excluding hydrogens is 1640 g/mol. The number of aliphatic hydroxyl groups is 9.